The van der Waals surface area contributed by atoms with Crippen LogP contribution in [0.4, 0.5) is 13.2 Å². The lowest BCUT2D eigenvalue weighted by Crippen LogP contribution is -2.35. The number of hydrogen-bond donors (Lipinski definition) is 1. The normalized spacial score (nSPS) is 14.6. The number of sulfonamides is 1. The molecule has 5 rings (SSSR count). The van der Waals surface area contributed by atoms with Gasteiger partial charge in [0.15, 0.2) is 0 Å². The van der Waals surface area contributed by atoms with Gasteiger partial charge in [-0.3, -0.25) is 9.36 Å². The lowest BCUT2D eigenvalue weighted by atomic mass is 10.0. The Kier molecular flexibility index (Phi) is 10.1. The molecular formula is C34H37F3N4O4S. The Morgan fingerprint density at radius 1 is 0.935 bits per heavy atom. The molecule has 1 aromatic heterocycles. The van der Waals surface area contributed by atoms with E-state index in [1.54, 1.807) is 42.5 Å². The number of carbonyl (C=O) groups is 1. The van der Waals surface area contributed by atoms with Crippen molar-refractivity contribution in [1.82, 2.24) is 19.1 Å². The highest BCUT2D eigenvalue weighted by molar-refractivity contribution is 7.90. The number of amides is 1. The zero-order valence-corrected chi connectivity index (χ0v) is 26.4. The Balaban J connectivity index is 1.42. The van der Waals surface area contributed by atoms with Gasteiger partial charge in [-0.1, -0.05) is 93.6 Å². The number of unbranched alkanes of at least 4 members (excludes halogenated alkanes) is 1. The van der Waals surface area contributed by atoms with Gasteiger partial charge in [0.05, 0.1) is 22.7 Å². The minimum absolute atomic E-state index is 0.0209. The number of carbonyl (C=O) groups excluding carboxylic acids is 1. The number of nitrogens with one attached hydrogen (secondary N) is 1. The maximum atomic E-state index is 13.8. The quantitative estimate of drug-likeness (QED) is 0.188. The number of hydrogen-bond acceptors (Lipinski definition) is 5. The summed E-state index contributed by atoms with van der Waals surface area (Å²) in [4.78, 5) is 26.4. The minimum Gasteiger partial charge on any atom is -0.274 e. The SMILES string of the molecule is CCCCc1nn(-c2ccccc2C(F)(F)F)c(=O)n1Cc1ccc(-c2ccccc2S(=O)(=O)NC(=O)C2CCCCCC2)cc1. The monoisotopic (exact) mass is 654 g/mol. The molecule has 0 radical (unpaired) electrons. The van der Waals surface area contributed by atoms with E-state index in [9.17, 15) is 31.2 Å². The van der Waals surface area contributed by atoms with Gasteiger partial charge in [-0.25, -0.2) is 17.9 Å². The summed E-state index contributed by atoms with van der Waals surface area (Å²) in [6.45, 7) is 2.03. The van der Waals surface area contributed by atoms with Crippen LogP contribution in [0.15, 0.2) is 82.5 Å². The molecule has 1 amide bonds. The second-order valence-corrected chi connectivity index (χ2v) is 13.3. The van der Waals surface area contributed by atoms with E-state index in [1.807, 2.05) is 6.92 Å². The molecule has 1 heterocycles. The van der Waals surface area contributed by atoms with Crippen LogP contribution in [0.25, 0.3) is 16.8 Å². The molecule has 244 valence electrons. The second-order valence-electron chi connectivity index (χ2n) is 11.7. The predicted molar refractivity (Wildman–Crippen MR) is 169 cm³/mol. The molecular weight excluding hydrogens is 617 g/mol. The van der Waals surface area contributed by atoms with E-state index in [4.69, 9.17) is 0 Å². The highest BCUT2D eigenvalue weighted by Crippen LogP contribution is 2.33. The first-order valence-corrected chi connectivity index (χ1v) is 17.1. The predicted octanol–water partition coefficient (Wildman–Crippen LogP) is 6.89. The van der Waals surface area contributed by atoms with E-state index in [0.717, 1.165) is 42.9 Å². The summed E-state index contributed by atoms with van der Waals surface area (Å²) in [7, 11) is -4.15. The van der Waals surface area contributed by atoms with Crippen molar-refractivity contribution in [2.75, 3.05) is 0 Å². The number of rotatable bonds is 10. The average Bonchev–Trinajstić information content (AvgIpc) is 3.18. The molecule has 0 saturated heterocycles. The van der Waals surface area contributed by atoms with Gasteiger partial charge in [0.25, 0.3) is 10.0 Å². The van der Waals surface area contributed by atoms with Crippen molar-refractivity contribution < 1.29 is 26.4 Å². The van der Waals surface area contributed by atoms with Gasteiger partial charge < -0.3 is 0 Å². The Hall–Kier alpha value is -4.19. The van der Waals surface area contributed by atoms with E-state index in [2.05, 4.69) is 9.82 Å². The topological polar surface area (TPSA) is 103 Å². The van der Waals surface area contributed by atoms with E-state index in [-0.39, 0.29) is 23.0 Å². The van der Waals surface area contributed by atoms with Gasteiger partial charge in [-0.2, -0.15) is 17.9 Å². The van der Waals surface area contributed by atoms with Crippen molar-refractivity contribution in [2.24, 2.45) is 5.92 Å². The number of para-hydroxylation sites is 1. The van der Waals surface area contributed by atoms with Gasteiger partial charge in [-0.05, 0) is 48.6 Å². The fourth-order valence-corrected chi connectivity index (χ4v) is 7.17. The van der Waals surface area contributed by atoms with Crippen LogP contribution in [0.1, 0.15) is 75.2 Å². The van der Waals surface area contributed by atoms with Gasteiger partial charge in [0.2, 0.25) is 5.91 Å². The third-order valence-corrected chi connectivity index (χ3v) is 9.78. The van der Waals surface area contributed by atoms with Crippen LogP contribution >= 0.6 is 0 Å². The first kappa shape index (κ1) is 33.2. The van der Waals surface area contributed by atoms with Crippen molar-refractivity contribution in [3.05, 3.63) is 100 Å². The molecule has 4 aromatic rings. The first-order valence-electron chi connectivity index (χ1n) is 15.6. The zero-order valence-electron chi connectivity index (χ0n) is 25.6. The number of alkyl halides is 3. The fourth-order valence-electron chi connectivity index (χ4n) is 5.89. The van der Waals surface area contributed by atoms with Crippen LogP contribution in [0.3, 0.4) is 0 Å². The standard InChI is InChI=1S/C34H37F3N4O4S/c1-2-3-18-31-38-41(29-16-10-9-15-28(29)34(35,36)37)33(43)40(31)23-24-19-21-25(22-20-24)27-14-8-11-17-30(27)46(44,45)39-32(42)26-12-6-4-5-7-13-26/h8-11,14-17,19-22,26H,2-7,12-13,18,23H2,1H3,(H,39,42). The molecule has 0 aliphatic heterocycles. The molecule has 0 unspecified atom stereocenters. The molecule has 46 heavy (non-hydrogen) atoms. The summed E-state index contributed by atoms with van der Waals surface area (Å²) in [6, 6.07) is 18.2. The third kappa shape index (κ3) is 7.43. The van der Waals surface area contributed by atoms with E-state index in [0.29, 0.717) is 48.2 Å². The maximum absolute atomic E-state index is 13.8. The number of halogens is 3. The Morgan fingerprint density at radius 2 is 1.59 bits per heavy atom. The largest absolute Gasteiger partial charge is 0.418 e. The summed E-state index contributed by atoms with van der Waals surface area (Å²) in [5.74, 6) is -0.441. The molecule has 0 spiro atoms. The summed E-state index contributed by atoms with van der Waals surface area (Å²) in [5, 5.41) is 4.32. The smallest absolute Gasteiger partial charge is 0.274 e. The summed E-state index contributed by atoms with van der Waals surface area (Å²) in [5.41, 5.74) is -0.308. The highest BCUT2D eigenvalue weighted by Gasteiger charge is 2.35. The molecule has 1 N–H and O–H groups in total. The van der Waals surface area contributed by atoms with E-state index in [1.165, 1.54) is 28.8 Å². The summed E-state index contributed by atoms with van der Waals surface area (Å²) >= 11 is 0. The highest BCUT2D eigenvalue weighted by atomic mass is 32.2. The van der Waals surface area contributed by atoms with E-state index < -0.39 is 33.4 Å². The molecule has 1 aliphatic carbocycles. The first-order chi connectivity index (χ1) is 22.0. The van der Waals surface area contributed by atoms with Crippen LogP contribution in [-0.2, 0) is 34.0 Å². The number of benzene rings is 3. The zero-order chi connectivity index (χ0) is 32.9. The molecule has 8 nitrogen and oxygen atoms in total. The fraction of sp³-hybridized carbons (Fsp3) is 0.382. The lowest BCUT2D eigenvalue weighted by molar-refractivity contribution is -0.137. The molecule has 0 atom stereocenters. The maximum Gasteiger partial charge on any atom is 0.418 e. The molecule has 12 heteroatoms. The van der Waals surface area contributed by atoms with E-state index >= 15 is 0 Å². The molecule has 1 saturated carbocycles. The van der Waals surface area contributed by atoms with Crippen molar-refractivity contribution in [3.63, 3.8) is 0 Å². The van der Waals surface area contributed by atoms with Crippen LogP contribution < -0.4 is 10.4 Å². The van der Waals surface area contributed by atoms with Gasteiger partial charge in [-0.15, -0.1) is 5.10 Å². The van der Waals surface area contributed by atoms with Crippen molar-refractivity contribution in [1.29, 1.82) is 0 Å². The summed E-state index contributed by atoms with van der Waals surface area (Å²) in [6.07, 6.45) is 2.45. The van der Waals surface area contributed by atoms with Crippen LogP contribution in [0.2, 0.25) is 0 Å². The number of nitrogens with zero attached hydrogens (tertiary/aromatic N) is 3. The number of aryl methyl sites for hydroxylation is 1. The van der Waals surface area contributed by atoms with Gasteiger partial charge >= 0.3 is 11.9 Å². The minimum atomic E-state index is -4.67. The second kappa shape index (κ2) is 14.1. The van der Waals surface area contributed by atoms with Crippen LogP contribution in [0, 0.1) is 5.92 Å². The molecule has 1 aliphatic rings. The third-order valence-electron chi connectivity index (χ3n) is 8.37. The van der Waals surface area contributed by atoms with Gasteiger partial charge in [0, 0.05) is 17.9 Å². The Morgan fingerprint density at radius 3 is 2.26 bits per heavy atom. The Labute approximate surface area is 266 Å². The van der Waals surface area contributed by atoms with Crippen molar-refractivity contribution in [3.8, 4) is 16.8 Å². The number of aromatic nitrogens is 3. The molecule has 1 fully saturated rings. The lowest BCUT2D eigenvalue weighted by Gasteiger charge is -2.16. The van der Waals surface area contributed by atoms with Crippen LogP contribution in [-0.4, -0.2) is 28.7 Å². The molecule has 0 bridgehead atoms. The Bertz CT molecular complexity index is 1840. The average molecular weight is 655 g/mol. The van der Waals surface area contributed by atoms with Crippen molar-refractivity contribution in [2.45, 2.75) is 82.3 Å². The summed E-state index contributed by atoms with van der Waals surface area (Å²) < 4.78 is 72.5. The van der Waals surface area contributed by atoms with Gasteiger partial charge in [0.1, 0.15) is 5.82 Å². The molecule has 3 aromatic carbocycles. The van der Waals surface area contributed by atoms with Crippen LogP contribution in [0.5, 0.6) is 0 Å². The van der Waals surface area contributed by atoms with Crippen molar-refractivity contribution >= 4 is 15.9 Å².